The SMILES string of the molecule is NC1CCC(c2nc(-c3cscn3)no2)C1. The zero-order valence-corrected chi connectivity index (χ0v) is 9.48. The van der Waals surface area contributed by atoms with Gasteiger partial charge in [-0.1, -0.05) is 5.16 Å². The Labute approximate surface area is 96.7 Å². The van der Waals surface area contributed by atoms with E-state index in [2.05, 4.69) is 15.1 Å². The maximum atomic E-state index is 5.86. The quantitative estimate of drug-likeness (QED) is 0.860. The molecule has 2 unspecified atom stereocenters. The first-order valence-electron chi connectivity index (χ1n) is 5.30. The minimum atomic E-state index is 0.277. The second-order valence-electron chi connectivity index (χ2n) is 4.10. The van der Waals surface area contributed by atoms with E-state index in [0.29, 0.717) is 17.6 Å². The van der Waals surface area contributed by atoms with E-state index in [9.17, 15) is 0 Å². The molecule has 16 heavy (non-hydrogen) atoms. The summed E-state index contributed by atoms with van der Waals surface area (Å²) in [5.74, 6) is 1.61. The lowest BCUT2D eigenvalue weighted by Gasteiger charge is -2.01. The van der Waals surface area contributed by atoms with Gasteiger partial charge in [0, 0.05) is 17.3 Å². The molecule has 5 nitrogen and oxygen atoms in total. The summed E-state index contributed by atoms with van der Waals surface area (Å²) >= 11 is 1.52. The van der Waals surface area contributed by atoms with Crippen LogP contribution in [0, 0.1) is 0 Å². The van der Waals surface area contributed by atoms with E-state index in [1.807, 2.05) is 5.38 Å². The van der Waals surface area contributed by atoms with E-state index >= 15 is 0 Å². The average molecular weight is 236 g/mol. The highest BCUT2D eigenvalue weighted by Crippen LogP contribution is 2.33. The summed E-state index contributed by atoms with van der Waals surface area (Å²) in [4.78, 5) is 8.53. The second-order valence-corrected chi connectivity index (χ2v) is 4.82. The van der Waals surface area contributed by atoms with Crippen LogP contribution in [0.2, 0.25) is 0 Å². The molecule has 0 aromatic carbocycles. The van der Waals surface area contributed by atoms with Crippen molar-refractivity contribution in [3.8, 4) is 11.5 Å². The van der Waals surface area contributed by atoms with Gasteiger partial charge in [-0.25, -0.2) is 4.98 Å². The highest BCUT2D eigenvalue weighted by molar-refractivity contribution is 7.07. The van der Waals surface area contributed by atoms with Crippen LogP contribution >= 0.6 is 11.3 Å². The lowest BCUT2D eigenvalue weighted by molar-refractivity contribution is 0.353. The molecule has 2 aromatic heterocycles. The van der Waals surface area contributed by atoms with Gasteiger partial charge in [0.2, 0.25) is 11.7 Å². The molecule has 3 rings (SSSR count). The number of nitrogens with zero attached hydrogens (tertiary/aromatic N) is 3. The molecule has 2 aromatic rings. The van der Waals surface area contributed by atoms with Crippen molar-refractivity contribution in [2.24, 2.45) is 5.73 Å². The molecule has 1 saturated carbocycles. The van der Waals surface area contributed by atoms with Gasteiger partial charge in [0.15, 0.2) is 0 Å². The smallest absolute Gasteiger partial charge is 0.230 e. The maximum Gasteiger partial charge on any atom is 0.230 e. The van der Waals surface area contributed by atoms with Crippen LogP contribution < -0.4 is 5.73 Å². The van der Waals surface area contributed by atoms with Crippen LogP contribution in [0.5, 0.6) is 0 Å². The summed E-state index contributed by atoms with van der Waals surface area (Å²) in [5.41, 5.74) is 8.40. The van der Waals surface area contributed by atoms with Crippen molar-refractivity contribution in [2.45, 2.75) is 31.2 Å². The number of thiazole rings is 1. The van der Waals surface area contributed by atoms with E-state index in [4.69, 9.17) is 10.3 Å². The third kappa shape index (κ3) is 1.74. The van der Waals surface area contributed by atoms with Gasteiger partial charge < -0.3 is 10.3 Å². The van der Waals surface area contributed by atoms with Crippen LogP contribution in [0.15, 0.2) is 15.4 Å². The fourth-order valence-electron chi connectivity index (χ4n) is 2.07. The van der Waals surface area contributed by atoms with Gasteiger partial charge >= 0.3 is 0 Å². The highest BCUT2D eigenvalue weighted by atomic mass is 32.1. The fraction of sp³-hybridized carbons (Fsp3) is 0.500. The normalized spacial score (nSPS) is 25.1. The molecule has 2 N–H and O–H groups in total. The summed E-state index contributed by atoms with van der Waals surface area (Å²) < 4.78 is 5.27. The summed E-state index contributed by atoms with van der Waals surface area (Å²) in [6, 6.07) is 0.277. The van der Waals surface area contributed by atoms with Gasteiger partial charge in [0.1, 0.15) is 5.69 Å². The summed E-state index contributed by atoms with van der Waals surface area (Å²) in [5, 5.41) is 5.86. The zero-order valence-electron chi connectivity index (χ0n) is 8.67. The lowest BCUT2D eigenvalue weighted by atomic mass is 10.1. The first kappa shape index (κ1) is 9.92. The molecule has 0 radical (unpaired) electrons. The molecule has 0 amide bonds. The third-order valence-corrected chi connectivity index (χ3v) is 3.51. The maximum absolute atomic E-state index is 5.86. The molecule has 0 bridgehead atoms. The van der Waals surface area contributed by atoms with E-state index in [1.54, 1.807) is 5.51 Å². The van der Waals surface area contributed by atoms with Crippen molar-refractivity contribution < 1.29 is 4.52 Å². The van der Waals surface area contributed by atoms with Crippen LogP contribution in [0.1, 0.15) is 31.1 Å². The Hall–Kier alpha value is -1.27. The Morgan fingerprint density at radius 1 is 1.44 bits per heavy atom. The Morgan fingerprint density at radius 3 is 3.06 bits per heavy atom. The van der Waals surface area contributed by atoms with Gasteiger partial charge in [-0.05, 0) is 19.3 Å². The van der Waals surface area contributed by atoms with Crippen molar-refractivity contribution in [1.82, 2.24) is 15.1 Å². The number of hydrogen-bond donors (Lipinski definition) is 1. The molecule has 6 heteroatoms. The van der Waals surface area contributed by atoms with Gasteiger partial charge in [0.05, 0.1) is 5.51 Å². The first-order valence-corrected chi connectivity index (χ1v) is 6.25. The van der Waals surface area contributed by atoms with Crippen LogP contribution in [0.25, 0.3) is 11.5 Å². The Balaban J connectivity index is 1.83. The Morgan fingerprint density at radius 2 is 2.38 bits per heavy atom. The van der Waals surface area contributed by atoms with Crippen LogP contribution in [-0.2, 0) is 0 Å². The number of hydrogen-bond acceptors (Lipinski definition) is 6. The standard InChI is InChI=1S/C10H12N4OS/c11-7-2-1-6(3-7)10-13-9(14-15-10)8-4-16-5-12-8/h4-7H,1-3,11H2. The van der Waals surface area contributed by atoms with Crippen LogP contribution in [-0.4, -0.2) is 21.2 Å². The van der Waals surface area contributed by atoms with E-state index in [0.717, 1.165) is 25.0 Å². The fourth-order valence-corrected chi connectivity index (χ4v) is 2.60. The van der Waals surface area contributed by atoms with Gasteiger partial charge in [-0.3, -0.25) is 0 Å². The van der Waals surface area contributed by atoms with E-state index in [1.165, 1.54) is 11.3 Å². The molecular weight excluding hydrogens is 224 g/mol. The molecule has 2 heterocycles. The number of aromatic nitrogens is 3. The Bertz CT molecular complexity index is 467. The van der Waals surface area contributed by atoms with Gasteiger partial charge in [0.25, 0.3) is 0 Å². The molecule has 1 aliphatic rings. The molecule has 0 spiro atoms. The minimum Gasteiger partial charge on any atom is -0.339 e. The van der Waals surface area contributed by atoms with Crippen molar-refractivity contribution in [1.29, 1.82) is 0 Å². The largest absolute Gasteiger partial charge is 0.339 e. The Kier molecular flexibility index (Phi) is 2.45. The zero-order chi connectivity index (χ0) is 11.0. The van der Waals surface area contributed by atoms with Crippen LogP contribution in [0.3, 0.4) is 0 Å². The number of nitrogens with two attached hydrogens (primary N) is 1. The molecule has 1 fully saturated rings. The van der Waals surface area contributed by atoms with Gasteiger partial charge in [-0.2, -0.15) is 4.98 Å². The van der Waals surface area contributed by atoms with Crippen molar-refractivity contribution in [2.75, 3.05) is 0 Å². The number of rotatable bonds is 2. The highest BCUT2D eigenvalue weighted by Gasteiger charge is 2.28. The van der Waals surface area contributed by atoms with Crippen molar-refractivity contribution in [3.05, 3.63) is 16.8 Å². The van der Waals surface area contributed by atoms with E-state index in [-0.39, 0.29) is 6.04 Å². The van der Waals surface area contributed by atoms with Crippen molar-refractivity contribution >= 4 is 11.3 Å². The van der Waals surface area contributed by atoms with E-state index < -0.39 is 0 Å². The topological polar surface area (TPSA) is 77.8 Å². The monoisotopic (exact) mass is 236 g/mol. The second kappa shape index (κ2) is 3.95. The van der Waals surface area contributed by atoms with Gasteiger partial charge in [-0.15, -0.1) is 11.3 Å². The minimum absolute atomic E-state index is 0.277. The first-order chi connectivity index (χ1) is 7.83. The molecular formula is C10H12N4OS. The molecule has 2 atom stereocenters. The third-order valence-electron chi connectivity index (χ3n) is 2.93. The average Bonchev–Trinajstić information content (AvgIpc) is 2.97. The predicted molar refractivity (Wildman–Crippen MR) is 60.0 cm³/mol. The predicted octanol–water partition coefficient (Wildman–Crippen LogP) is 1.79. The molecule has 0 saturated heterocycles. The van der Waals surface area contributed by atoms with Crippen molar-refractivity contribution in [3.63, 3.8) is 0 Å². The molecule has 0 aliphatic heterocycles. The summed E-state index contributed by atoms with van der Waals surface area (Å²) in [6.07, 6.45) is 3.03. The summed E-state index contributed by atoms with van der Waals surface area (Å²) in [7, 11) is 0. The summed E-state index contributed by atoms with van der Waals surface area (Å²) in [6.45, 7) is 0. The molecule has 1 aliphatic carbocycles. The van der Waals surface area contributed by atoms with Crippen LogP contribution in [0.4, 0.5) is 0 Å². The lowest BCUT2D eigenvalue weighted by Crippen LogP contribution is -2.14. The molecule has 84 valence electrons.